The van der Waals surface area contributed by atoms with E-state index in [-0.39, 0.29) is 35.0 Å². The number of benzene rings is 3. The van der Waals surface area contributed by atoms with Crippen LogP contribution in [-0.4, -0.2) is 55.6 Å². The first-order valence-electron chi connectivity index (χ1n) is 14.8. The Balaban J connectivity index is 1.39. The van der Waals surface area contributed by atoms with Crippen molar-refractivity contribution in [1.29, 1.82) is 0 Å². The molecule has 16 heteroatoms. The Morgan fingerprint density at radius 3 is 2.59 bits per heavy atom. The molecule has 7 rings (SSSR count). The molecule has 1 atom stereocenters. The van der Waals surface area contributed by atoms with Gasteiger partial charge in [0, 0.05) is 41.3 Å². The Kier molecular flexibility index (Phi) is 7.95. The van der Waals surface area contributed by atoms with Gasteiger partial charge in [-0.15, -0.1) is 0 Å². The van der Waals surface area contributed by atoms with E-state index in [0.717, 1.165) is 17.8 Å². The lowest BCUT2D eigenvalue weighted by atomic mass is 9.93. The van der Waals surface area contributed by atoms with Crippen LogP contribution in [0.4, 0.5) is 14.6 Å². The number of halogens is 3. The number of aromatic nitrogens is 6. The summed E-state index contributed by atoms with van der Waals surface area (Å²) in [4.78, 5) is 21.7. The van der Waals surface area contributed by atoms with Gasteiger partial charge in [0.05, 0.1) is 52.1 Å². The number of aromatic hydroxyl groups is 1. The smallest absolute Gasteiger partial charge is 0.231 e. The van der Waals surface area contributed by atoms with Gasteiger partial charge in [0.15, 0.2) is 5.82 Å². The van der Waals surface area contributed by atoms with Crippen molar-refractivity contribution in [3.8, 4) is 16.9 Å². The summed E-state index contributed by atoms with van der Waals surface area (Å²) in [7, 11) is -2.09. The minimum Gasteiger partial charge on any atom is -0.508 e. The average molecular weight is 705 g/mol. The zero-order valence-corrected chi connectivity index (χ0v) is 27.4. The maximum Gasteiger partial charge on any atom is 0.231 e. The quantitative estimate of drug-likeness (QED) is 0.129. The highest BCUT2D eigenvalue weighted by Crippen LogP contribution is 2.40. The maximum absolute atomic E-state index is 14.4. The molecule has 4 heterocycles. The Bertz CT molecular complexity index is 2530. The zero-order valence-electron chi connectivity index (χ0n) is 25.8. The van der Waals surface area contributed by atoms with Crippen molar-refractivity contribution in [2.45, 2.75) is 18.9 Å². The lowest BCUT2D eigenvalue weighted by Gasteiger charge is -2.22. The van der Waals surface area contributed by atoms with E-state index in [9.17, 15) is 27.1 Å². The molecule has 49 heavy (non-hydrogen) atoms. The number of amides is 1. The van der Waals surface area contributed by atoms with E-state index in [1.807, 2.05) is 0 Å². The number of carbonyl (C=O) groups excluding carboxylic acids is 1. The van der Waals surface area contributed by atoms with Gasteiger partial charge in [-0.3, -0.25) is 19.3 Å². The standard InChI is InChI=1S/C33H27ClF2N8O4S/c1-44-32-21(4-5-24(34)30(32)33(42-44)43-49(2,47)48)23-13-26-28(15-38-41-26)40-31(23)27(9-16-7-18(35)11-19(36)8-16)39-29(46)10-17-14-37-25-6-3-20(45)12-22(17)25/h3-8,11-15,27,37,45H,9-10H2,1-2H3,(H,38,41)(H,39,46)(H,42,43)/t27-/m0/s1. The number of anilines is 1. The van der Waals surface area contributed by atoms with Crippen LogP contribution < -0.4 is 10.0 Å². The van der Waals surface area contributed by atoms with Crippen LogP contribution in [0.5, 0.6) is 5.75 Å². The Hall–Kier alpha value is -5.54. The van der Waals surface area contributed by atoms with Gasteiger partial charge in [-0.25, -0.2) is 22.2 Å². The number of nitrogens with zero attached hydrogens (tertiary/aromatic N) is 4. The number of hydrogen-bond acceptors (Lipinski definition) is 7. The second-order valence-electron chi connectivity index (χ2n) is 11.7. The van der Waals surface area contributed by atoms with Gasteiger partial charge < -0.3 is 15.4 Å². The molecule has 0 saturated carbocycles. The van der Waals surface area contributed by atoms with Crippen LogP contribution >= 0.6 is 11.6 Å². The highest BCUT2D eigenvalue weighted by molar-refractivity contribution is 7.92. The number of nitrogens with one attached hydrogen (secondary N) is 4. The van der Waals surface area contributed by atoms with Gasteiger partial charge >= 0.3 is 0 Å². The van der Waals surface area contributed by atoms with Gasteiger partial charge in [-0.2, -0.15) is 10.2 Å². The van der Waals surface area contributed by atoms with Crippen LogP contribution in [0.2, 0.25) is 5.02 Å². The monoisotopic (exact) mass is 704 g/mol. The molecule has 0 aliphatic carbocycles. The van der Waals surface area contributed by atoms with Gasteiger partial charge in [0.2, 0.25) is 15.9 Å². The second-order valence-corrected chi connectivity index (χ2v) is 13.9. The summed E-state index contributed by atoms with van der Waals surface area (Å²) in [6.07, 6.45) is 4.05. The van der Waals surface area contributed by atoms with Gasteiger partial charge in [-0.05, 0) is 60.0 Å². The van der Waals surface area contributed by atoms with Crippen molar-refractivity contribution >= 4 is 66.2 Å². The third-order valence-electron chi connectivity index (χ3n) is 8.09. The summed E-state index contributed by atoms with van der Waals surface area (Å²) >= 11 is 6.60. The number of phenols is 1. The molecule has 0 aliphatic rings. The second kappa shape index (κ2) is 12.2. The van der Waals surface area contributed by atoms with E-state index >= 15 is 0 Å². The van der Waals surface area contributed by atoms with Crippen molar-refractivity contribution in [2.24, 2.45) is 7.05 Å². The van der Waals surface area contributed by atoms with Crippen LogP contribution in [0.25, 0.3) is 44.0 Å². The van der Waals surface area contributed by atoms with Crippen LogP contribution in [0, 0.1) is 11.6 Å². The summed E-state index contributed by atoms with van der Waals surface area (Å²) in [5.41, 5.74) is 4.46. The predicted molar refractivity (Wildman–Crippen MR) is 182 cm³/mol. The number of carbonyl (C=O) groups is 1. The summed E-state index contributed by atoms with van der Waals surface area (Å²) < 4.78 is 57.1. The van der Waals surface area contributed by atoms with Gasteiger partial charge in [0.1, 0.15) is 22.9 Å². The molecule has 0 fully saturated rings. The third kappa shape index (κ3) is 6.37. The molecule has 0 saturated heterocycles. The Labute approximate surface area is 282 Å². The molecule has 4 aromatic heterocycles. The van der Waals surface area contributed by atoms with Gasteiger partial charge in [0.25, 0.3) is 0 Å². The molecule has 0 bridgehead atoms. The zero-order chi connectivity index (χ0) is 34.6. The van der Waals surface area contributed by atoms with E-state index in [4.69, 9.17) is 16.6 Å². The van der Waals surface area contributed by atoms with E-state index in [1.165, 1.54) is 29.1 Å². The largest absolute Gasteiger partial charge is 0.508 e. The molecule has 0 spiro atoms. The third-order valence-corrected chi connectivity index (χ3v) is 8.97. The maximum atomic E-state index is 14.4. The highest BCUT2D eigenvalue weighted by atomic mass is 35.5. The van der Waals surface area contributed by atoms with Crippen LogP contribution in [0.1, 0.15) is 22.9 Å². The van der Waals surface area contributed by atoms with E-state index in [2.05, 4.69) is 30.3 Å². The van der Waals surface area contributed by atoms with Crippen molar-refractivity contribution < 1.29 is 27.1 Å². The Morgan fingerprint density at radius 2 is 1.84 bits per heavy atom. The number of aryl methyl sites for hydroxylation is 1. The number of aromatic amines is 2. The van der Waals surface area contributed by atoms with E-state index < -0.39 is 33.6 Å². The fraction of sp³-hybridized carbons (Fsp3) is 0.152. The topological polar surface area (TPSA) is 171 Å². The van der Waals surface area contributed by atoms with E-state index in [1.54, 1.807) is 43.6 Å². The summed E-state index contributed by atoms with van der Waals surface area (Å²) in [6.45, 7) is 0. The average Bonchev–Trinajstić information content (AvgIpc) is 3.72. The molecule has 3 aromatic carbocycles. The number of fused-ring (bicyclic) bond motifs is 3. The van der Waals surface area contributed by atoms with Crippen LogP contribution in [0.15, 0.2) is 67.0 Å². The normalized spacial score (nSPS) is 12.6. The number of H-pyrrole nitrogens is 2. The summed E-state index contributed by atoms with van der Waals surface area (Å²) in [5.74, 6) is -1.92. The number of pyridine rings is 1. The number of rotatable bonds is 9. The number of hydrogen-bond donors (Lipinski definition) is 5. The first-order valence-corrected chi connectivity index (χ1v) is 17.1. The van der Waals surface area contributed by atoms with Crippen molar-refractivity contribution in [3.63, 3.8) is 0 Å². The molecule has 0 aliphatic heterocycles. The predicted octanol–water partition coefficient (Wildman–Crippen LogP) is 5.64. The van der Waals surface area contributed by atoms with Crippen LogP contribution in [0.3, 0.4) is 0 Å². The van der Waals surface area contributed by atoms with E-state index in [0.29, 0.717) is 49.7 Å². The number of phenolic OH excluding ortho intramolecular Hbond substituents is 1. The number of sulfonamides is 1. The van der Waals surface area contributed by atoms with Crippen molar-refractivity contribution in [1.82, 2.24) is 35.3 Å². The minimum absolute atomic E-state index is 0.0221. The molecule has 1 amide bonds. The summed E-state index contributed by atoms with van der Waals surface area (Å²) in [6, 6.07) is 12.1. The highest BCUT2D eigenvalue weighted by Gasteiger charge is 2.27. The lowest BCUT2D eigenvalue weighted by Crippen LogP contribution is -2.32. The van der Waals surface area contributed by atoms with Crippen molar-refractivity contribution in [2.75, 3.05) is 11.0 Å². The SMILES string of the molecule is Cn1nc(NS(C)(=O)=O)c2c(Cl)ccc(-c3cc4[nH]ncc4nc3[C@H](Cc3cc(F)cc(F)c3)NC(=O)Cc3c[nH]c4ccc(O)cc34)c21. The van der Waals surface area contributed by atoms with Crippen molar-refractivity contribution in [3.05, 3.63) is 100 Å². The first-order chi connectivity index (χ1) is 23.3. The fourth-order valence-corrected chi connectivity index (χ4v) is 6.86. The molecule has 0 unspecified atom stereocenters. The molecular weight excluding hydrogens is 678 g/mol. The lowest BCUT2D eigenvalue weighted by molar-refractivity contribution is -0.121. The molecule has 7 aromatic rings. The molecule has 250 valence electrons. The summed E-state index contributed by atoms with van der Waals surface area (Å²) in [5, 5.41) is 25.7. The minimum atomic E-state index is -3.72. The van der Waals surface area contributed by atoms with Crippen LogP contribution in [-0.2, 0) is 34.7 Å². The molecule has 0 radical (unpaired) electrons. The first kappa shape index (κ1) is 32.0. The van der Waals surface area contributed by atoms with Gasteiger partial charge in [-0.1, -0.05) is 17.7 Å². The Morgan fingerprint density at radius 1 is 1.06 bits per heavy atom. The molecular formula is C33H27ClF2N8O4S. The molecule has 5 N–H and O–H groups in total. The fourth-order valence-electron chi connectivity index (χ4n) is 6.13. The molecule has 12 nitrogen and oxygen atoms in total.